The molecule has 2 N–H and O–H groups in total. The molecule has 0 spiro atoms. The number of rotatable bonds is 13. The van der Waals surface area contributed by atoms with Crippen molar-refractivity contribution in [3.8, 4) is 11.1 Å². The quantitative estimate of drug-likeness (QED) is 0.167. The van der Waals surface area contributed by atoms with E-state index in [2.05, 4.69) is 20.4 Å². The van der Waals surface area contributed by atoms with Gasteiger partial charge in [0.05, 0.1) is 32.8 Å². The number of hydrogen-bond acceptors (Lipinski definition) is 10. The van der Waals surface area contributed by atoms with Gasteiger partial charge >= 0.3 is 59.1 Å². The minimum atomic E-state index is -0.884. The summed E-state index contributed by atoms with van der Waals surface area (Å²) in [7, 11) is 3.72. The van der Waals surface area contributed by atoms with Crippen molar-refractivity contribution in [1.29, 1.82) is 0 Å². The predicted molar refractivity (Wildman–Crippen MR) is 237 cm³/mol. The Morgan fingerprint density at radius 2 is 1.00 bits per heavy atom. The number of nitrogens with zero attached hydrogens (tertiary/aromatic N) is 6. The van der Waals surface area contributed by atoms with Crippen molar-refractivity contribution in [1.82, 2.24) is 28.9 Å². The van der Waals surface area contributed by atoms with Gasteiger partial charge in [-0.3, -0.25) is 19.4 Å². The summed E-state index contributed by atoms with van der Waals surface area (Å²) in [6, 6.07) is 10.6. The maximum atomic E-state index is 13.8. The second kappa shape index (κ2) is 18.9. The van der Waals surface area contributed by atoms with Gasteiger partial charge < -0.3 is 39.6 Å². The van der Waals surface area contributed by atoms with Gasteiger partial charge in [-0.15, -0.1) is 0 Å². The number of benzene rings is 2. The smallest absolute Gasteiger partial charge is 0.550 e. The molecule has 2 aliphatic heterocycles. The Bertz CT molecular complexity index is 2420. The Morgan fingerprint density at radius 3 is 1.35 bits per heavy atom. The van der Waals surface area contributed by atoms with Crippen molar-refractivity contribution in [3.05, 3.63) is 80.9 Å². The molecule has 4 saturated carbocycles. The van der Waals surface area contributed by atoms with Gasteiger partial charge in [0.2, 0.25) is 0 Å². The number of fused-ring (bicyclic) bond motifs is 6. The van der Waals surface area contributed by atoms with E-state index in [1.54, 1.807) is 24.3 Å². The van der Waals surface area contributed by atoms with Crippen LogP contribution in [0, 0.1) is 21.7 Å². The largest absolute Gasteiger partial charge is 1.00 e. The molecule has 2 aromatic heterocycles. The number of amides is 2. The van der Waals surface area contributed by atoms with E-state index in [-0.39, 0.29) is 91.6 Å². The molecule has 6 aliphatic rings. The molecule has 338 valence electrons. The van der Waals surface area contributed by atoms with Crippen LogP contribution in [0.2, 0.25) is 10.0 Å². The number of aromatic nitrogens is 4. The van der Waals surface area contributed by atoms with E-state index in [1.165, 1.54) is 0 Å². The van der Waals surface area contributed by atoms with E-state index in [1.807, 2.05) is 35.4 Å². The molecule has 0 atom stereocenters. The van der Waals surface area contributed by atoms with Crippen LogP contribution in [0.5, 0.6) is 0 Å². The summed E-state index contributed by atoms with van der Waals surface area (Å²) in [4.78, 5) is 65.7. The van der Waals surface area contributed by atoms with Gasteiger partial charge in [0.25, 0.3) is 11.8 Å². The standard InChI is InChI=1S/C48H56Cl2N8O6.2Na/c1-55-35-9-21-57(23-19-45-11-15-47(27-45,16-12-45)43(61)62)25-33(35)51-39(55)41(59)53-31-7-3-5-29(37(31)49)30-6-4-8-32(38(30)50)54-42(60)40-52-34-26-58(22-10-36(34)56(40)2)24-20-46-13-17-48(28-46,18-14-46)44(63)64;;/h3-8H,9-28H2,1-2H3,(H,53,59)(H,54,60)(H,61,62)(H,63,64);;/q;2*+1/p-2. The van der Waals surface area contributed by atoms with Crippen molar-refractivity contribution >= 4 is 58.3 Å². The Morgan fingerprint density at radius 1 is 0.621 bits per heavy atom. The molecule has 0 unspecified atom stereocenters. The fourth-order valence-electron chi connectivity index (χ4n) is 12.7. The second-order valence-corrected chi connectivity index (χ2v) is 20.8. The number of halogens is 2. The van der Waals surface area contributed by atoms with Crippen LogP contribution < -0.4 is 80.0 Å². The Balaban J connectivity index is 0.00000296. The molecule has 10 rings (SSSR count). The van der Waals surface area contributed by atoms with E-state index in [0.717, 1.165) is 139 Å². The third kappa shape index (κ3) is 8.76. The average Bonchev–Trinajstić information content (AvgIpc) is 4.15. The maximum absolute atomic E-state index is 13.8. The summed E-state index contributed by atoms with van der Waals surface area (Å²) in [5.74, 6) is -1.98. The van der Waals surface area contributed by atoms with Gasteiger partial charge in [0.15, 0.2) is 11.6 Å². The van der Waals surface area contributed by atoms with E-state index in [4.69, 9.17) is 33.2 Å². The zero-order valence-corrected chi connectivity index (χ0v) is 44.0. The first-order chi connectivity index (χ1) is 30.6. The summed E-state index contributed by atoms with van der Waals surface area (Å²) in [5, 5.41) is 30.3. The fourth-order valence-corrected chi connectivity index (χ4v) is 13.2. The van der Waals surface area contributed by atoms with Gasteiger partial charge in [0.1, 0.15) is 0 Å². The molecule has 66 heavy (non-hydrogen) atoms. The number of carboxylic acid groups (broad SMARTS) is 2. The Kier molecular flexibility index (Phi) is 14.2. The average molecular weight is 956 g/mol. The molecule has 18 heteroatoms. The maximum Gasteiger partial charge on any atom is 1.00 e. The first-order valence-electron chi connectivity index (χ1n) is 22.8. The van der Waals surface area contributed by atoms with Gasteiger partial charge in [0, 0.05) is 98.4 Å². The third-order valence-corrected chi connectivity index (χ3v) is 17.4. The minimum Gasteiger partial charge on any atom is -0.550 e. The molecule has 4 bridgehead atoms. The molecule has 0 saturated heterocycles. The van der Waals surface area contributed by atoms with Crippen LogP contribution in [0.25, 0.3) is 11.1 Å². The summed E-state index contributed by atoms with van der Waals surface area (Å²) >= 11 is 14.0. The van der Waals surface area contributed by atoms with Crippen molar-refractivity contribution in [3.63, 3.8) is 0 Å². The molecule has 0 radical (unpaired) electrons. The van der Waals surface area contributed by atoms with Crippen LogP contribution in [0.15, 0.2) is 36.4 Å². The third-order valence-electron chi connectivity index (χ3n) is 16.6. The van der Waals surface area contributed by atoms with Crippen molar-refractivity contribution in [2.45, 2.75) is 103 Å². The summed E-state index contributed by atoms with van der Waals surface area (Å²) in [6.07, 6.45) is 11.5. The Labute approximate surface area is 439 Å². The summed E-state index contributed by atoms with van der Waals surface area (Å²) in [5.41, 5.74) is 4.61. The SMILES string of the molecule is Cn1c(C(=O)Nc2cccc(-c3cccc(NC(=O)c4nc5c(n4C)CCN(CCC46CCC(C(=O)[O-])(CC4)C6)C5)c3Cl)c2Cl)nc2c1CCN(CCC13CCC(C(=O)[O-])(CC1)C3)C2.[Na+].[Na+]. The summed E-state index contributed by atoms with van der Waals surface area (Å²) in [6.45, 7) is 4.65. The molecular formula is C48H54Cl2N8Na2O6. The number of carboxylic acids is 2. The van der Waals surface area contributed by atoms with Crippen LogP contribution in [0.3, 0.4) is 0 Å². The van der Waals surface area contributed by atoms with Crippen LogP contribution in [0.4, 0.5) is 11.4 Å². The minimum absolute atomic E-state index is 0. The van der Waals surface area contributed by atoms with E-state index in [0.29, 0.717) is 35.6 Å². The number of hydrogen-bond donors (Lipinski definition) is 2. The van der Waals surface area contributed by atoms with E-state index < -0.39 is 34.6 Å². The first-order valence-corrected chi connectivity index (χ1v) is 23.5. The van der Waals surface area contributed by atoms with Crippen LogP contribution in [-0.4, -0.2) is 78.8 Å². The van der Waals surface area contributed by atoms with E-state index in [9.17, 15) is 29.4 Å². The van der Waals surface area contributed by atoms with Crippen LogP contribution >= 0.6 is 23.2 Å². The molecule has 4 heterocycles. The molecule has 2 amide bonds. The Hall–Kier alpha value is -2.76. The van der Waals surface area contributed by atoms with Crippen molar-refractivity contribution in [2.75, 3.05) is 36.8 Å². The molecule has 4 fully saturated rings. The van der Waals surface area contributed by atoms with Crippen LogP contribution in [0.1, 0.15) is 121 Å². The van der Waals surface area contributed by atoms with Crippen molar-refractivity contribution < 1.29 is 88.5 Å². The number of carbonyl (C=O) groups is 4. The molecule has 4 aromatic rings. The van der Waals surface area contributed by atoms with Crippen molar-refractivity contribution in [2.24, 2.45) is 35.8 Å². The number of anilines is 2. The topological polar surface area (TPSA) is 181 Å². The van der Waals surface area contributed by atoms with Crippen LogP contribution in [-0.2, 0) is 49.6 Å². The van der Waals surface area contributed by atoms with E-state index >= 15 is 0 Å². The van der Waals surface area contributed by atoms with Gasteiger partial charge in [-0.25, -0.2) is 9.97 Å². The van der Waals surface area contributed by atoms with Gasteiger partial charge in [-0.1, -0.05) is 47.5 Å². The number of nitrogens with one attached hydrogen (secondary N) is 2. The molecule has 4 aliphatic carbocycles. The number of imidazole rings is 2. The van der Waals surface area contributed by atoms with Gasteiger partial charge in [-0.2, -0.15) is 0 Å². The molecular weight excluding hydrogens is 901 g/mol. The molecule has 2 aromatic carbocycles. The molecule has 14 nitrogen and oxygen atoms in total. The monoisotopic (exact) mass is 954 g/mol. The zero-order valence-electron chi connectivity index (χ0n) is 38.5. The normalized spacial score (nSPS) is 26.3. The predicted octanol–water partition coefficient (Wildman–Crippen LogP) is -0.463. The second-order valence-electron chi connectivity index (χ2n) is 20.1. The fraction of sp³-hybridized carbons (Fsp3) is 0.542. The first kappa shape index (κ1) is 49.7. The number of carbonyl (C=O) groups excluding carboxylic acids is 4. The summed E-state index contributed by atoms with van der Waals surface area (Å²) < 4.78 is 3.71. The zero-order chi connectivity index (χ0) is 44.8. The van der Waals surface area contributed by atoms with Gasteiger partial charge in [-0.05, 0) is 113 Å². The number of aliphatic carboxylic acids is 2.